The lowest BCUT2D eigenvalue weighted by Gasteiger charge is -2.10. The monoisotopic (exact) mass is 343 g/mol. The fourth-order valence-electron chi connectivity index (χ4n) is 2.66. The summed E-state index contributed by atoms with van der Waals surface area (Å²) in [5.41, 5.74) is -1.17. The van der Waals surface area contributed by atoms with Gasteiger partial charge in [-0.2, -0.15) is 18.3 Å². The molecule has 1 aromatic carbocycles. The highest BCUT2D eigenvalue weighted by atomic mass is 19.4. The van der Waals surface area contributed by atoms with Crippen molar-refractivity contribution in [3.05, 3.63) is 51.7 Å². The predicted octanol–water partition coefficient (Wildman–Crippen LogP) is 2.25. The third kappa shape index (κ3) is 2.99. The van der Waals surface area contributed by atoms with E-state index in [9.17, 15) is 22.8 Å². The molecule has 10 heteroatoms. The third-order valence-corrected chi connectivity index (χ3v) is 3.67. The van der Waals surface area contributed by atoms with Gasteiger partial charge in [-0.15, -0.1) is 0 Å². The second kappa shape index (κ2) is 5.69. The molecular formula is C14H12F3N3O4. The fourth-order valence-corrected chi connectivity index (χ4v) is 2.66. The van der Waals surface area contributed by atoms with E-state index in [1.165, 1.54) is 12.1 Å². The molecule has 0 spiro atoms. The molecule has 128 valence electrons. The Morgan fingerprint density at radius 3 is 2.83 bits per heavy atom. The highest BCUT2D eigenvalue weighted by molar-refractivity contribution is 5.56. The van der Waals surface area contributed by atoms with Crippen LogP contribution in [0.4, 0.5) is 18.0 Å². The second-order valence-corrected chi connectivity index (χ2v) is 5.30. The number of nitrogens with zero attached hydrogens (tertiary/aromatic N) is 3. The van der Waals surface area contributed by atoms with E-state index in [-0.39, 0.29) is 12.1 Å². The summed E-state index contributed by atoms with van der Waals surface area (Å²) >= 11 is 0. The van der Waals surface area contributed by atoms with Crippen LogP contribution in [-0.4, -0.2) is 25.6 Å². The molecule has 0 saturated carbocycles. The summed E-state index contributed by atoms with van der Waals surface area (Å²) in [5.74, 6) is 0.346. The van der Waals surface area contributed by atoms with Crippen molar-refractivity contribution < 1.29 is 27.8 Å². The maximum absolute atomic E-state index is 12.7. The van der Waals surface area contributed by atoms with Gasteiger partial charge in [-0.1, -0.05) is 12.1 Å². The molecule has 0 fully saturated rings. The van der Waals surface area contributed by atoms with Crippen LogP contribution < -0.4 is 5.69 Å². The lowest BCUT2D eigenvalue weighted by molar-refractivity contribution is -0.137. The van der Waals surface area contributed by atoms with Gasteiger partial charge in [0.2, 0.25) is 0 Å². The van der Waals surface area contributed by atoms with Gasteiger partial charge in [-0.25, -0.2) is 18.8 Å². The van der Waals surface area contributed by atoms with Gasteiger partial charge in [0.15, 0.2) is 6.23 Å². The topological polar surface area (TPSA) is 86.3 Å². The van der Waals surface area contributed by atoms with Crippen molar-refractivity contribution in [1.82, 2.24) is 14.3 Å². The fraction of sp³-hybridized carbons (Fsp3) is 0.357. The molecule has 1 N–H and O–H groups in total. The summed E-state index contributed by atoms with van der Waals surface area (Å²) in [6.07, 6.45) is -6.29. The molecule has 1 aliphatic rings. The number of hydrogen-bond acceptors (Lipinski definition) is 4. The SMILES string of the molecule is O=C(O)O[C@H]1CCc2nn(Cc3cccc(C(F)(F)F)c3)c(=O)n21. The number of carboxylic acid groups (broad SMARTS) is 1. The Balaban J connectivity index is 1.88. The normalized spacial score (nSPS) is 16.9. The first-order valence-electron chi connectivity index (χ1n) is 6.99. The van der Waals surface area contributed by atoms with E-state index in [4.69, 9.17) is 5.11 Å². The first kappa shape index (κ1) is 16.1. The van der Waals surface area contributed by atoms with Crippen LogP contribution in [0.2, 0.25) is 0 Å². The summed E-state index contributed by atoms with van der Waals surface area (Å²) in [6.45, 7) is -0.150. The number of carbonyl (C=O) groups is 1. The molecule has 0 unspecified atom stereocenters. The molecule has 0 saturated heterocycles. The Bertz CT molecular complexity index is 841. The summed E-state index contributed by atoms with van der Waals surface area (Å²) in [6, 6.07) is 4.60. The van der Waals surface area contributed by atoms with E-state index in [0.717, 1.165) is 21.4 Å². The zero-order valence-corrected chi connectivity index (χ0v) is 12.2. The minimum absolute atomic E-state index is 0.150. The molecule has 1 aromatic heterocycles. The van der Waals surface area contributed by atoms with Crippen LogP contribution in [0, 0.1) is 0 Å². The molecule has 1 atom stereocenters. The quantitative estimate of drug-likeness (QED) is 0.864. The minimum Gasteiger partial charge on any atom is -0.450 e. The summed E-state index contributed by atoms with van der Waals surface area (Å²) in [4.78, 5) is 22.9. The van der Waals surface area contributed by atoms with E-state index < -0.39 is 29.8 Å². The number of ether oxygens (including phenoxy) is 1. The number of fused-ring (bicyclic) bond motifs is 1. The van der Waals surface area contributed by atoms with Crippen LogP contribution in [0.5, 0.6) is 0 Å². The Kier molecular flexibility index (Phi) is 3.82. The van der Waals surface area contributed by atoms with E-state index >= 15 is 0 Å². The average Bonchev–Trinajstić information content (AvgIpc) is 3.00. The molecule has 0 bridgehead atoms. The van der Waals surface area contributed by atoms with Gasteiger partial charge in [0.05, 0.1) is 12.1 Å². The molecule has 0 amide bonds. The number of benzene rings is 1. The van der Waals surface area contributed by atoms with Crippen LogP contribution in [0.3, 0.4) is 0 Å². The van der Waals surface area contributed by atoms with Crippen molar-refractivity contribution in [3.63, 3.8) is 0 Å². The molecule has 7 nitrogen and oxygen atoms in total. The van der Waals surface area contributed by atoms with Crippen LogP contribution in [0.15, 0.2) is 29.1 Å². The van der Waals surface area contributed by atoms with Crippen LogP contribution in [0.1, 0.15) is 29.6 Å². The third-order valence-electron chi connectivity index (χ3n) is 3.67. The van der Waals surface area contributed by atoms with E-state index in [1.54, 1.807) is 0 Å². The van der Waals surface area contributed by atoms with Gasteiger partial charge in [0.1, 0.15) is 5.82 Å². The number of alkyl halides is 3. The molecule has 1 aliphatic heterocycles. The smallest absolute Gasteiger partial charge is 0.450 e. The number of hydrogen-bond donors (Lipinski definition) is 1. The Morgan fingerprint density at radius 1 is 1.42 bits per heavy atom. The van der Waals surface area contributed by atoms with Crippen molar-refractivity contribution in [1.29, 1.82) is 0 Å². The van der Waals surface area contributed by atoms with Gasteiger partial charge in [-0.3, -0.25) is 0 Å². The summed E-state index contributed by atoms with van der Waals surface area (Å²) in [7, 11) is 0. The molecular weight excluding hydrogens is 331 g/mol. The zero-order valence-electron chi connectivity index (χ0n) is 12.2. The van der Waals surface area contributed by atoms with Gasteiger partial charge in [0.25, 0.3) is 0 Å². The zero-order chi connectivity index (χ0) is 17.5. The number of halogens is 3. The first-order chi connectivity index (χ1) is 11.3. The minimum atomic E-state index is -4.47. The standard InChI is InChI=1S/C14H12F3N3O4/c15-14(16,17)9-3-1-2-8(6-9)7-19-12(21)20-10(18-19)4-5-11(20)24-13(22)23/h1-3,6,11H,4-5,7H2,(H,22,23)/t11-/m0/s1. The highest BCUT2D eigenvalue weighted by Crippen LogP contribution is 2.29. The lowest BCUT2D eigenvalue weighted by atomic mass is 10.1. The molecule has 3 rings (SSSR count). The maximum Gasteiger partial charge on any atom is 0.507 e. The van der Waals surface area contributed by atoms with Crippen molar-refractivity contribution >= 4 is 6.16 Å². The van der Waals surface area contributed by atoms with Crippen LogP contribution >= 0.6 is 0 Å². The van der Waals surface area contributed by atoms with Gasteiger partial charge < -0.3 is 9.84 Å². The molecule has 0 aliphatic carbocycles. The van der Waals surface area contributed by atoms with E-state index in [0.29, 0.717) is 18.7 Å². The second-order valence-electron chi connectivity index (χ2n) is 5.30. The van der Waals surface area contributed by atoms with Gasteiger partial charge >= 0.3 is 18.0 Å². The van der Waals surface area contributed by atoms with Crippen molar-refractivity contribution in [2.24, 2.45) is 0 Å². The predicted molar refractivity (Wildman–Crippen MR) is 73.5 cm³/mol. The summed E-state index contributed by atoms with van der Waals surface area (Å²) in [5, 5.41) is 12.7. The summed E-state index contributed by atoms with van der Waals surface area (Å²) < 4.78 is 44.9. The van der Waals surface area contributed by atoms with Crippen LogP contribution in [-0.2, 0) is 23.9 Å². The Labute approximate surface area is 132 Å². The van der Waals surface area contributed by atoms with Crippen molar-refractivity contribution in [3.8, 4) is 0 Å². The average molecular weight is 343 g/mol. The van der Waals surface area contributed by atoms with Crippen molar-refractivity contribution in [2.75, 3.05) is 0 Å². The van der Waals surface area contributed by atoms with Gasteiger partial charge in [-0.05, 0) is 17.7 Å². The van der Waals surface area contributed by atoms with Gasteiger partial charge in [0, 0.05) is 12.8 Å². The highest BCUT2D eigenvalue weighted by Gasteiger charge is 2.32. The number of rotatable bonds is 3. The van der Waals surface area contributed by atoms with E-state index in [1.807, 2.05) is 0 Å². The van der Waals surface area contributed by atoms with Crippen LogP contribution in [0.25, 0.3) is 0 Å². The maximum atomic E-state index is 12.7. The molecule has 0 radical (unpaired) electrons. The number of aryl methyl sites for hydroxylation is 1. The number of aromatic nitrogens is 3. The Morgan fingerprint density at radius 2 is 2.17 bits per heavy atom. The lowest BCUT2D eigenvalue weighted by Crippen LogP contribution is -2.29. The molecule has 2 heterocycles. The van der Waals surface area contributed by atoms with E-state index in [2.05, 4.69) is 9.84 Å². The first-order valence-corrected chi connectivity index (χ1v) is 6.99. The molecule has 24 heavy (non-hydrogen) atoms. The van der Waals surface area contributed by atoms with Crippen molar-refractivity contribution in [2.45, 2.75) is 31.8 Å². The Hall–Kier alpha value is -2.78. The largest absolute Gasteiger partial charge is 0.507 e. The molecule has 2 aromatic rings.